The van der Waals surface area contributed by atoms with E-state index in [1.54, 1.807) is 6.07 Å². The molecule has 100 valence electrons. The van der Waals surface area contributed by atoms with Gasteiger partial charge in [-0.1, -0.05) is 12.1 Å². The molecule has 2 N–H and O–H groups in total. The maximum atomic E-state index is 14.0. The number of halogens is 1. The molecule has 0 aliphatic carbocycles. The van der Waals surface area contributed by atoms with E-state index in [2.05, 4.69) is 23.8 Å². The van der Waals surface area contributed by atoms with Crippen LogP contribution in [0.2, 0.25) is 0 Å². The molecule has 0 aromatic heterocycles. The lowest BCUT2D eigenvalue weighted by atomic mass is 10.1. The Labute approximate surface area is 108 Å². The third kappa shape index (κ3) is 2.65. The molecule has 0 saturated carbocycles. The Hall–Kier alpha value is -1.13. The quantitative estimate of drug-likeness (QED) is 0.868. The van der Waals surface area contributed by atoms with Crippen molar-refractivity contribution in [3.63, 3.8) is 0 Å². The molecule has 1 aromatic rings. The van der Waals surface area contributed by atoms with E-state index in [1.165, 1.54) is 6.07 Å². The molecule has 0 amide bonds. The predicted octanol–water partition coefficient (Wildman–Crippen LogP) is 1.68. The summed E-state index contributed by atoms with van der Waals surface area (Å²) in [5.41, 5.74) is 6.56. The van der Waals surface area contributed by atoms with E-state index in [4.69, 9.17) is 5.73 Å². The summed E-state index contributed by atoms with van der Waals surface area (Å²) in [7, 11) is 2.10. The molecule has 0 spiro atoms. The van der Waals surface area contributed by atoms with Crippen molar-refractivity contribution in [1.29, 1.82) is 0 Å². The number of benzene rings is 1. The smallest absolute Gasteiger partial charge is 0.146 e. The van der Waals surface area contributed by atoms with Crippen LogP contribution in [0.4, 0.5) is 10.1 Å². The van der Waals surface area contributed by atoms with Gasteiger partial charge in [0.25, 0.3) is 0 Å². The molecule has 1 heterocycles. The van der Waals surface area contributed by atoms with Crippen LogP contribution in [0.5, 0.6) is 0 Å². The van der Waals surface area contributed by atoms with E-state index in [1.807, 2.05) is 12.1 Å². The first-order valence-corrected chi connectivity index (χ1v) is 6.55. The lowest BCUT2D eigenvalue weighted by Gasteiger charge is -2.36. The zero-order chi connectivity index (χ0) is 13.1. The first-order valence-electron chi connectivity index (χ1n) is 6.55. The SMILES string of the molecule is CC1CCN(C)CC(CN)N1c1ccccc1F. The fourth-order valence-corrected chi connectivity index (χ4v) is 2.73. The number of anilines is 1. The maximum absolute atomic E-state index is 14.0. The van der Waals surface area contributed by atoms with Gasteiger partial charge in [0.1, 0.15) is 5.82 Å². The highest BCUT2D eigenvalue weighted by molar-refractivity contribution is 5.50. The first kappa shape index (κ1) is 13.3. The Kier molecular flexibility index (Phi) is 4.19. The summed E-state index contributed by atoms with van der Waals surface area (Å²) in [6.45, 7) is 4.61. The van der Waals surface area contributed by atoms with Gasteiger partial charge in [-0.3, -0.25) is 0 Å². The molecule has 1 fully saturated rings. The summed E-state index contributed by atoms with van der Waals surface area (Å²) in [6, 6.07) is 7.45. The minimum Gasteiger partial charge on any atom is -0.361 e. The summed E-state index contributed by atoms with van der Waals surface area (Å²) in [5, 5.41) is 0. The van der Waals surface area contributed by atoms with E-state index in [0.717, 1.165) is 19.5 Å². The third-order valence-corrected chi connectivity index (χ3v) is 3.72. The van der Waals surface area contributed by atoms with Gasteiger partial charge in [0.2, 0.25) is 0 Å². The second kappa shape index (κ2) is 5.67. The Bertz CT molecular complexity index is 396. The number of likely N-dealkylation sites (N-methyl/N-ethyl adjacent to an activating group) is 1. The Balaban J connectivity index is 2.34. The minimum absolute atomic E-state index is 0.160. The molecular formula is C14H22FN3. The van der Waals surface area contributed by atoms with Gasteiger partial charge in [0.05, 0.1) is 11.7 Å². The highest BCUT2D eigenvalue weighted by Gasteiger charge is 2.28. The average Bonchev–Trinajstić information content (AvgIpc) is 2.50. The van der Waals surface area contributed by atoms with Gasteiger partial charge in [-0.05, 0) is 39.1 Å². The molecule has 1 aliphatic heterocycles. The molecule has 2 unspecified atom stereocenters. The van der Waals surface area contributed by atoms with Crippen molar-refractivity contribution >= 4 is 5.69 Å². The van der Waals surface area contributed by atoms with Crippen molar-refractivity contribution in [3.8, 4) is 0 Å². The van der Waals surface area contributed by atoms with Crippen molar-refractivity contribution < 1.29 is 4.39 Å². The van der Waals surface area contributed by atoms with E-state index in [9.17, 15) is 4.39 Å². The highest BCUT2D eigenvalue weighted by atomic mass is 19.1. The zero-order valence-corrected chi connectivity index (χ0v) is 11.1. The van der Waals surface area contributed by atoms with Gasteiger partial charge >= 0.3 is 0 Å². The molecule has 1 saturated heterocycles. The van der Waals surface area contributed by atoms with Crippen LogP contribution in [-0.2, 0) is 0 Å². The normalized spacial score (nSPS) is 26.1. The average molecular weight is 251 g/mol. The molecule has 2 rings (SSSR count). The van der Waals surface area contributed by atoms with Crippen LogP contribution in [0.1, 0.15) is 13.3 Å². The van der Waals surface area contributed by atoms with Crippen molar-refractivity contribution in [3.05, 3.63) is 30.1 Å². The van der Waals surface area contributed by atoms with Crippen LogP contribution in [0.15, 0.2) is 24.3 Å². The predicted molar refractivity (Wildman–Crippen MR) is 73.3 cm³/mol. The van der Waals surface area contributed by atoms with Crippen molar-refractivity contribution in [2.24, 2.45) is 5.73 Å². The van der Waals surface area contributed by atoms with E-state index < -0.39 is 0 Å². The van der Waals surface area contributed by atoms with Crippen molar-refractivity contribution in [2.45, 2.75) is 25.4 Å². The monoisotopic (exact) mass is 251 g/mol. The van der Waals surface area contributed by atoms with Gasteiger partial charge < -0.3 is 15.5 Å². The Morgan fingerprint density at radius 1 is 1.39 bits per heavy atom. The van der Waals surface area contributed by atoms with E-state index in [-0.39, 0.29) is 11.9 Å². The number of para-hydroxylation sites is 1. The lowest BCUT2D eigenvalue weighted by molar-refractivity contribution is 0.331. The van der Waals surface area contributed by atoms with Crippen molar-refractivity contribution in [1.82, 2.24) is 4.90 Å². The van der Waals surface area contributed by atoms with E-state index in [0.29, 0.717) is 18.3 Å². The molecule has 4 heteroatoms. The topological polar surface area (TPSA) is 32.5 Å². The van der Waals surface area contributed by atoms with Crippen molar-refractivity contribution in [2.75, 3.05) is 31.6 Å². The van der Waals surface area contributed by atoms with Gasteiger partial charge in [-0.15, -0.1) is 0 Å². The first-order chi connectivity index (χ1) is 8.63. The second-order valence-electron chi connectivity index (χ2n) is 5.15. The maximum Gasteiger partial charge on any atom is 0.146 e. The number of rotatable bonds is 2. The molecule has 18 heavy (non-hydrogen) atoms. The summed E-state index contributed by atoms with van der Waals surface area (Å²) < 4.78 is 14.0. The minimum atomic E-state index is -0.160. The molecule has 1 aliphatic rings. The summed E-state index contributed by atoms with van der Waals surface area (Å²) >= 11 is 0. The largest absolute Gasteiger partial charge is 0.361 e. The lowest BCUT2D eigenvalue weighted by Crippen LogP contribution is -2.48. The van der Waals surface area contributed by atoms with Gasteiger partial charge in [-0.25, -0.2) is 4.39 Å². The molecule has 2 atom stereocenters. The van der Waals surface area contributed by atoms with Gasteiger partial charge in [-0.2, -0.15) is 0 Å². The van der Waals surface area contributed by atoms with Gasteiger partial charge in [0.15, 0.2) is 0 Å². The zero-order valence-electron chi connectivity index (χ0n) is 11.1. The standard InChI is InChI=1S/C14H22FN3/c1-11-7-8-17(2)10-12(9-16)18(11)14-6-4-3-5-13(14)15/h3-6,11-12H,7-10,16H2,1-2H3. The molecule has 1 aromatic carbocycles. The van der Waals surface area contributed by atoms with Gasteiger partial charge in [0, 0.05) is 19.1 Å². The Morgan fingerprint density at radius 2 is 2.11 bits per heavy atom. The van der Waals surface area contributed by atoms with Crippen LogP contribution in [0.25, 0.3) is 0 Å². The van der Waals surface area contributed by atoms with Crippen LogP contribution in [0, 0.1) is 5.82 Å². The van der Waals surface area contributed by atoms with Crippen LogP contribution < -0.4 is 10.6 Å². The fourth-order valence-electron chi connectivity index (χ4n) is 2.73. The summed E-state index contributed by atoms with van der Waals surface area (Å²) in [4.78, 5) is 4.42. The third-order valence-electron chi connectivity index (χ3n) is 3.72. The molecule has 3 nitrogen and oxygen atoms in total. The van der Waals surface area contributed by atoms with E-state index >= 15 is 0 Å². The van der Waals surface area contributed by atoms with Crippen LogP contribution in [-0.4, -0.2) is 43.7 Å². The Morgan fingerprint density at radius 3 is 2.78 bits per heavy atom. The molecule has 0 bridgehead atoms. The number of hydrogen-bond donors (Lipinski definition) is 1. The number of hydrogen-bond acceptors (Lipinski definition) is 3. The summed E-state index contributed by atoms with van der Waals surface area (Å²) in [5.74, 6) is -0.160. The second-order valence-corrected chi connectivity index (χ2v) is 5.15. The summed E-state index contributed by atoms with van der Waals surface area (Å²) in [6.07, 6.45) is 1.03. The fraction of sp³-hybridized carbons (Fsp3) is 0.571. The van der Waals surface area contributed by atoms with Crippen LogP contribution in [0.3, 0.4) is 0 Å². The molecular weight excluding hydrogens is 229 g/mol. The number of nitrogens with zero attached hydrogens (tertiary/aromatic N) is 2. The highest BCUT2D eigenvalue weighted by Crippen LogP contribution is 2.26. The number of nitrogens with two attached hydrogens (primary N) is 1. The molecule has 0 radical (unpaired) electrons. The van der Waals surface area contributed by atoms with Crippen LogP contribution >= 0.6 is 0 Å².